The molecular weight excluding hydrogens is 330 g/mol. The normalized spacial score (nSPS) is 12.6. The molecule has 1 atom stereocenters. The van der Waals surface area contributed by atoms with E-state index in [4.69, 9.17) is 23.2 Å². The fourth-order valence-corrected chi connectivity index (χ4v) is 3.21. The van der Waals surface area contributed by atoms with E-state index in [0.29, 0.717) is 5.02 Å². The molecule has 21 heavy (non-hydrogen) atoms. The minimum Gasteiger partial charge on any atom is -0.376 e. The van der Waals surface area contributed by atoms with Crippen molar-refractivity contribution in [2.75, 3.05) is 5.32 Å². The third-order valence-corrected chi connectivity index (χ3v) is 4.65. The monoisotopic (exact) mass is 340 g/mol. The number of fused-ring (bicyclic) bond motifs is 1. The number of halogens is 3. The molecule has 0 aliphatic rings. The summed E-state index contributed by atoms with van der Waals surface area (Å²) >= 11 is 13.7. The highest BCUT2D eigenvalue weighted by Gasteiger charge is 2.13. The molecule has 0 saturated carbocycles. The quantitative estimate of drug-likeness (QED) is 0.640. The van der Waals surface area contributed by atoms with Gasteiger partial charge in [0.2, 0.25) is 0 Å². The summed E-state index contributed by atoms with van der Waals surface area (Å²) in [6, 6.07) is 8.39. The minimum absolute atomic E-state index is 0.0760. The lowest BCUT2D eigenvalue weighted by Gasteiger charge is -2.17. The number of anilines is 1. The molecule has 1 N–H and O–H groups in total. The van der Waals surface area contributed by atoms with Gasteiger partial charge in [-0.2, -0.15) is 0 Å². The highest BCUT2D eigenvalue weighted by Crippen LogP contribution is 2.35. The van der Waals surface area contributed by atoms with Crippen molar-refractivity contribution in [2.24, 2.45) is 0 Å². The molecule has 1 aromatic heterocycles. The second kappa shape index (κ2) is 5.79. The Bertz CT molecular complexity index is 803. The smallest absolute Gasteiger partial charge is 0.141 e. The highest BCUT2D eigenvalue weighted by molar-refractivity contribution is 7.16. The molecule has 0 aliphatic carbocycles. The van der Waals surface area contributed by atoms with Gasteiger partial charge in [-0.1, -0.05) is 29.3 Å². The number of nitrogens with zero attached hydrogens (tertiary/aromatic N) is 1. The molecule has 0 spiro atoms. The van der Waals surface area contributed by atoms with E-state index in [1.54, 1.807) is 29.0 Å². The van der Waals surface area contributed by atoms with Crippen molar-refractivity contribution < 1.29 is 4.39 Å². The molecule has 0 amide bonds. The second-order valence-electron chi connectivity index (χ2n) is 4.66. The average molecular weight is 341 g/mol. The Balaban J connectivity index is 1.95. The molecule has 2 aromatic carbocycles. The average Bonchev–Trinajstić information content (AvgIpc) is 2.93. The second-order valence-corrected chi connectivity index (χ2v) is 6.36. The van der Waals surface area contributed by atoms with Crippen molar-refractivity contribution in [1.82, 2.24) is 4.98 Å². The Hall–Kier alpha value is -1.36. The lowest BCUT2D eigenvalue weighted by Crippen LogP contribution is -2.07. The van der Waals surface area contributed by atoms with E-state index in [0.717, 1.165) is 21.5 Å². The topological polar surface area (TPSA) is 24.9 Å². The maximum atomic E-state index is 13.2. The molecule has 0 bridgehead atoms. The van der Waals surface area contributed by atoms with Crippen LogP contribution < -0.4 is 5.32 Å². The van der Waals surface area contributed by atoms with E-state index in [9.17, 15) is 4.39 Å². The molecule has 3 rings (SSSR count). The molecule has 0 saturated heterocycles. The third kappa shape index (κ3) is 2.84. The van der Waals surface area contributed by atoms with Crippen LogP contribution in [0.1, 0.15) is 18.5 Å². The van der Waals surface area contributed by atoms with Crippen LogP contribution in [0.25, 0.3) is 10.2 Å². The Morgan fingerprint density at radius 3 is 2.76 bits per heavy atom. The van der Waals surface area contributed by atoms with Gasteiger partial charge in [0, 0.05) is 6.04 Å². The summed E-state index contributed by atoms with van der Waals surface area (Å²) in [5.41, 5.74) is 4.28. The van der Waals surface area contributed by atoms with Gasteiger partial charge in [-0.25, -0.2) is 9.37 Å². The fourth-order valence-electron chi connectivity index (χ4n) is 2.13. The van der Waals surface area contributed by atoms with Gasteiger partial charge in [-0.05, 0) is 36.8 Å². The van der Waals surface area contributed by atoms with Crippen LogP contribution in [0.15, 0.2) is 35.8 Å². The summed E-state index contributed by atoms with van der Waals surface area (Å²) in [5.74, 6) is -0.424. The number of benzene rings is 2. The first kappa shape index (κ1) is 14.6. The predicted octanol–water partition coefficient (Wildman–Crippen LogP) is 5.92. The molecule has 0 fully saturated rings. The summed E-state index contributed by atoms with van der Waals surface area (Å²) in [6.45, 7) is 1.96. The van der Waals surface area contributed by atoms with Crippen LogP contribution in [0.5, 0.6) is 0 Å². The summed E-state index contributed by atoms with van der Waals surface area (Å²) in [7, 11) is 0. The Kier molecular flexibility index (Phi) is 4.02. The summed E-state index contributed by atoms with van der Waals surface area (Å²) in [5, 5.41) is 4.05. The zero-order valence-corrected chi connectivity index (χ0v) is 13.4. The van der Waals surface area contributed by atoms with Gasteiger partial charge in [-0.3, -0.25) is 0 Å². The van der Waals surface area contributed by atoms with Crippen LogP contribution in [-0.4, -0.2) is 4.98 Å². The maximum absolute atomic E-state index is 13.2. The lowest BCUT2D eigenvalue weighted by atomic mass is 10.1. The van der Waals surface area contributed by atoms with E-state index in [2.05, 4.69) is 10.3 Å². The van der Waals surface area contributed by atoms with Gasteiger partial charge in [0.05, 0.1) is 25.9 Å². The van der Waals surface area contributed by atoms with Gasteiger partial charge >= 0.3 is 0 Å². The zero-order chi connectivity index (χ0) is 15.0. The molecule has 108 valence electrons. The Morgan fingerprint density at radius 1 is 1.19 bits per heavy atom. The van der Waals surface area contributed by atoms with E-state index < -0.39 is 5.82 Å². The predicted molar refractivity (Wildman–Crippen MR) is 88.1 cm³/mol. The summed E-state index contributed by atoms with van der Waals surface area (Å²) in [6.07, 6.45) is 0. The van der Waals surface area contributed by atoms with E-state index in [-0.39, 0.29) is 11.1 Å². The SMILES string of the molecule is CC(Nc1c(Cl)ccc2scnc12)c1ccc(F)c(Cl)c1. The largest absolute Gasteiger partial charge is 0.376 e. The van der Waals surface area contributed by atoms with Crippen LogP contribution in [0.4, 0.5) is 10.1 Å². The van der Waals surface area contributed by atoms with Crippen LogP contribution in [0.2, 0.25) is 10.0 Å². The maximum Gasteiger partial charge on any atom is 0.141 e. The van der Waals surface area contributed by atoms with Crippen molar-refractivity contribution in [3.63, 3.8) is 0 Å². The van der Waals surface area contributed by atoms with Gasteiger partial charge in [-0.15, -0.1) is 11.3 Å². The molecular formula is C15H11Cl2FN2S. The van der Waals surface area contributed by atoms with E-state index in [1.807, 2.05) is 19.1 Å². The Morgan fingerprint density at radius 2 is 2.00 bits per heavy atom. The molecule has 6 heteroatoms. The number of thiazole rings is 1. The first-order valence-electron chi connectivity index (χ1n) is 6.29. The standard InChI is InChI=1S/C15H11Cl2FN2S/c1-8(9-2-4-12(18)11(17)6-9)20-14-10(16)3-5-13-15(14)19-7-21-13/h2-8,20H,1H3. The van der Waals surface area contributed by atoms with Gasteiger partial charge in [0.1, 0.15) is 11.3 Å². The molecule has 1 heterocycles. The van der Waals surface area contributed by atoms with Crippen LogP contribution in [0, 0.1) is 5.82 Å². The molecule has 0 radical (unpaired) electrons. The number of hydrogen-bond donors (Lipinski definition) is 1. The molecule has 1 unspecified atom stereocenters. The van der Waals surface area contributed by atoms with Crippen LogP contribution in [0.3, 0.4) is 0 Å². The van der Waals surface area contributed by atoms with Crippen molar-refractivity contribution in [3.8, 4) is 0 Å². The van der Waals surface area contributed by atoms with Gasteiger partial charge < -0.3 is 5.32 Å². The third-order valence-electron chi connectivity index (χ3n) is 3.26. The summed E-state index contributed by atoms with van der Waals surface area (Å²) in [4.78, 5) is 4.34. The Labute approximate surface area is 135 Å². The highest BCUT2D eigenvalue weighted by atomic mass is 35.5. The number of rotatable bonds is 3. The van der Waals surface area contributed by atoms with Crippen molar-refractivity contribution in [3.05, 3.63) is 57.3 Å². The van der Waals surface area contributed by atoms with Crippen LogP contribution >= 0.6 is 34.5 Å². The minimum atomic E-state index is -0.424. The number of hydrogen-bond acceptors (Lipinski definition) is 3. The van der Waals surface area contributed by atoms with Gasteiger partial charge in [0.25, 0.3) is 0 Å². The fraction of sp³-hybridized carbons (Fsp3) is 0.133. The number of nitrogens with one attached hydrogen (secondary N) is 1. The van der Waals surface area contributed by atoms with Crippen LogP contribution in [-0.2, 0) is 0 Å². The van der Waals surface area contributed by atoms with E-state index >= 15 is 0 Å². The van der Waals surface area contributed by atoms with Crippen molar-refractivity contribution in [2.45, 2.75) is 13.0 Å². The van der Waals surface area contributed by atoms with Crippen molar-refractivity contribution in [1.29, 1.82) is 0 Å². The number of aromatic nitrogens is 1. The first-order valence-corrected chi connectivity index (χ1v) is 7.93. The first-order chi connectivity index (χ1) is 10.1. The van der Waals surface area contributed by atoms with Gasteiger partial charge in [0.15, 0.2) is 0 Å². The lowest BCUT2D eigenvalue weighted by molar-refractivity contribution is 0.627. The van der Waals surface area contributed by atoms with Crippen molar-refractivity contribution >= 4 is 50.4 Å². The zero-order valence-electron chi connectivity index (χ0n) is 11.0. The molecule has 2 nitrogen and oxygen atoms in total. The van der Waals surface area contributed by atoms with E-state index in [1.165, 1.54) is 6.07 Å². The molecule has 3 aromatic rings. The molecule has 0 aliphatic heterocycles. The summed E-state index contributed by atoms with van der Waals surface area (Å²) < 4.78 is 14.3.